The van der Waals surface area contributed by atoms with Gasteiger partial charge >= 0.3 is 7.82 Å². The van der Waals surface area contributed by atoms with E-state index in [1.807, 2.05) is 21.1 Å². The van der Waals surface area contributed by atoms with Crippen LogP contribution < -0.4 is 5.32 Å². The van der Waals surface area contributed by atoms with E-state index in [-0.39, 0.29) is 19.1 Å². The van der Waals surface area contributed by atoms with E-state index >= 15 is 0 Å². The molecule has 414 valence electrons. The van der Waals surface area contributed by atoms with Gasteiger partial charge in [0.05, 0.1) is 39.9 Å². The third-order valence-corrected chi connectivity index (χ3v) is 14.2. The maximum atomic E-state index is 13.0. The molecule has 3 unspecified atom stereocenters. The van der Waals surface area contributed by atoms with Gasteiger partial charge in [-0.1, -0.05) is 267 Å². The molecule has 0 saturated heterocycles. The summed E-state index contributed by atoms with van der Waals surface area (Å²) in [4.78, 5) is 23.4. The van der Waals surface area contributed by atoms with Crippen molar-refractivity contribution in [1.29, 1.82) is 0 Å². The standard InChI is InChI=1S/C62H115N2O6P/c1-6-8-10-12-14-16-18-20-22-24-26-28-30-32-34-36-38-40-42-44-46-48-50-52-54-56-62(66)63-60(59-70-71(67,68)69-58-57-64(3,4)5)61(65)55-53-51-49-47-45-43-41-39-37-35-33-31-29-27-25-23-21-19-17-15-13-11-9-7-2/h8,10,14,16,20,22,26,28,32,34,38,40,60-61,65H,6-7,9,11-13,15,17-19,21,23-25,27,29-31,33,35-37,39,41-59H2,1-5H3,(H-,63,66,67,68)/p+1/b10-8-,16-14-,22-20-,28-26-,34-32-,40-38-. The molecule has 0 rings (SSSR count). The summed E-state index contributed by atoms with van der Waals surface area (Å²) >= 11 is 0. The molecule has 0 aromatic rings. The summed E-state index contributed by atoms with van der Waals surface area (Å²) in [6, 6.07) is -0.775. The first-order valence-electron chi connectivity index (χ1n) is 29.8. The Morgan fingerprint density at radius 1 is 0.493 bits per heavy atom. The van der Waals surface area contributed by atoms with Crippen LogP contribution in [0.1, 0.15) is 264 Å². The van der Waals surface area contributed by atoms with Gasteiger partial charge in [0.1, 0.15) is 13.2 Å². The number of quaternary nitrogens is 1. The molecule has 0 radical (unpaired) electrons. The second-order valence-electron chi connectivity index (χ2n) is 21.3. The summed E-state index contributed by atoms with van der Waals surface area (Å²) in [5.41, 5.74) is 0. The number of carbonyl (C=O) groups is 1. The highest BCUT2D eigenvalue weighted by Crippen LogP contribution is 2.43. The van der Waals surface area contributed by atoms with Crippen molar-refractivity contribution in [3.05, 3.63) is 72.9 Å². The number of nitrogens with zero attached hydrogens (tertiary/aromatic N) is 1. The molecule has 0 aliphatic rings. The Morgan fingerprint density at radius 3 is 1.24 bits per heavy atom. The number of phosphoric acid groups is 1. The van der Waals surface area contributed by atoms with Crippen molar-refractivity contribution in [2.75, 3.05) is 40.9 Å². The lowest BCUT2D eigenvalue weighted by molar-refractivity contribution is -0.870. The van der Waals surface area contributed by atoms with Gasteiger partial charge in [0.25, 0.3) is 0 Å². The smallest absolute Gasteiger partial charge is 0.391 e. The number of phosphoric ester groups is 1. The number of unbranched alkanes of at least 4 members (excludes halogenated alkanes) is 29. The van der Waals surface area contributed by atoms with E-state index in [4.69, 9.17) is 9.05 Å². The molecule has 0 spiro atoms. The minimum absolute atomic E-state index is 0.0684. The van der Waals surface area contributed by atoms with Crippen molar-refractivity contribution in [1.82, 2.24) is 5.32 Å². The normalized spacial score (nSPS) is 14.4. The summed E-state index contributed by atoms with van der Waals surface area (Å²) in [5.74, 6) is -0.159. The molecule has 3 N–H and O–H groups in total. The number of amides is 1. The maximum Gasteiger partial charge on any atom is 0.472 e. The first kappa shape index (κ1) is 68.9. The zero-order chi connectivity index (χ0) is 52.0. The second kappa shape index (κ2) is 52.8. The molecule has 0 aromatic carbocycles. The van der Waals surface area contributed by atoms with E-state index < -0.39 is 20.0 Å². The van der Waals surface area contributed by atoms with Gasteiger partial charge in [-0.3, -0.25) is 13.8 Å². The molecule has 0 fully saturated rings. The third-order valence-electron chi connectivity index (χ3n) is 13.2. The fourth-order valence-electron chi connectivity index (χ4n) is 8.58. The van der Waals surface area contributed by atoms with Crippen molar-refractivity contribution in [3.63, 3.8) is 0 Å². The quantitative estimate of drug-likeness (QED) is 0.0243. The molecule has 3 atom stereocenters. The molecule has 9 heteroatoms. The Morgan fingerprint density at radius 2 is 0.845 bits per heavy atom. The van der Waals surface area contributed by atoms with Crippen LogP contribution in [0.4, 0.5) is 0 Å². The summed E-state index contributed by atoms with van der Waals surface area (Å²) < 4.78 is 23.8. The lowest BCUT2D eigenvalue weighted by Gasteiger charge is -2.26. The molecular weight excluding hydrogens is 900 g/mol. The number of carbonyl (C=O) groups excluding carboxylic acids is 1. The van der Waals surface area contributed by atoms with Crippen LogP contribution in [-0.2, 0) is 18.4 Å². The largest absolute Gasteiger partial charge is 0.472 e. The summed E-state index contributed by atoms with van der Waals surface area (Å²) in [7, 11) is 1.60. The molecule has 0 heterocycles. The van der Waals surface area contributed by atoms with E-state index in [0.717, 1.165) is 89.9 Å². The Balaban J connectivity index is 4.21. The van der Waals surface area contributed by atoms with Gasteiger partial charge in [-0.05, 0) is 64.2 Å². The number of allylic oxidation sites excluding steroid dienone is 12. The number of rotatable bonds is 54. The average Bonchev–Trinajstić information content (AvgIpc) is 3.33. The van der Waals surface area contributed by atoms with Crippen molar-refractivity contribution in [2.45, 2.75) is 276 Å². The SMILES string of the molecule is CC/C=C\C/C=C\C/C=C\C/C=C\C/C=C\C/C=C\CCCCCCCCC(=O)NC(COP(=O)(O)OCC[N+](C)(C)C)C(O)CCCCCCCCCCCCCCCCCCCCCCCCCC. The van der Waals surface area contributed by atoms with Gasteiger partial charge in [-0.15, -0.1) is 0 Å². The lowest BCUT2D eigenvalue weighted by atomic mass is 10.0. The lowest BCUT2D eigenvalue weighted by Crippen LogP contribution is -2.46. The Labute approximate surface area is 440 Å². The van der Waals surface area contributed by atoms with Crippen molar-refractivity contribution < 1.29 is 32.9 Å². The van der Waals surface area contributed by atoms with Crippen molar-refractivity contribution in [3.8, 4) is 0 Å². The number of aliphatic hydroxyl groups is 1. The summed E-state index contributed by atoms with van der Waals surface area (Å²) in [6.07, 6.45) is 72.4. The van der Waals surface area contributed by atoms with Crippen LogP contribution in [-0.4, -0.2) is 73.4 Å². The molecule has 71 heavy (non-hydrogen) atoms. The predicted molar refractivity (Wildman–Crippen MR) is 309 cm³/mol. The monoisotopic (exact) mass is 1020 g/mol. The molecule has 0 aliphatic heterocycles. The first-order chi connectivity index (χ1) is 34.5. The van der Waals surface area contributed by atoms with Crippen LogP contribution in [0, 0.1) is 0 Å². The van der Waals surface area contributed by atoms with Gasteiger partial charge in [0, 0.05) is 6.42 Å². The molecule has 1 amide bonds. The summed E-state index contributed by atoms with van der Waals surface area (Å²) in [5, 5.41) is 14.1. The highest BCUT2D eigenvalue weighted by Gasteiger charge is 2.28. The highest BCUT2D eigenvalue weighted by atomic mass is 31.2. The van der Waals surface area contributed by atoms with Crippen molar-refractivity contribution >= 4 is 13.7 Å². The first-order valence-corrected chi connectivity index (χ1v) is 31.3. The van der Waals surface area contributed by atoms with Gasteiger partial charge in [-0.25, -0.2) is 4.57 Å². The van der Waals surface area contributed by atoms with E-state index in [9.17, 15) is 19.4 Å². The number of hydrogen-bond donors (Lipinski definition) is 3. The molecule has 8 nitrogen and oxygen atoms in total. The van der Waals surface area contributed by atoms with Crippen molar-refractivity contribution in [2.24, 2.45) is 0 Å². The number of hydrogen-bond acceptors (Lipinski definition) is 5. The van der Waals surface area contributed by atoms with Crippen LogP contribution in [0.15, 0.2) is 72.9 Å². The Bertz CT molecular complexity index is 1380. The van der Waals surface area contributed by atoms with Gasteiger partial charge in [0.15, 0.2) is 0 Å². The Hall–Kier alpha value is -2.06. The third kappa shape index (κ3) is 55.5. The Kier molecular flexibility index (Phi) is 51.3. The minimum atomic E-state index is -4.33. The van der Waals surface area contributed by atoms with E-state index in [2.05, 4.69) is 92.1 Å². The van der Waals surface area contributed by atoms with Crippen LogP contribution in [0.5, 0.6) is 0 Å². The van der Waals surface area contributed by atoms with E-state index in [0.29, 0.717) is 23.9 Å². The van der Waals surface area contributed by atoms with Gasteiger partial charge in [-0.2, -0.15) is 0 Å². The fourth-order valence-corrected chi connectivity index (χ4v) is 9.32. The molecule has 0 saturated carbocycles. The topological polar surface area (TPSA) is 105 Å². The average molecular weight is 1020 g/mol. The zero-order valence-corrected chi connectivity index (χ0v) is 48.1. The molecule has 0 aliphatic carbocycles. The number of likely N-dealkylation sites (N-methyl/N-ethyl adjacent to an activating group) is 1. The van der Waals surface area contributed by atoms with Gasteiger partial charge < -0.3 is 19.8 Å². The van der Waals surface area contributed by atoms with Gasteiger partial charge in [0.2, 0.25) is 5.91 Å². The van der Waals surface area contributed by atoms with Crippen LogP contribution >= 0.6 is 7.82 Å². The van der Waals surface area contributed by atoms with Crippen LogP contribution in [0.25, 0.3) is 0 Å². The summed E-state index contributed by atoms with van der Waals surface area (Å²) in [6.45, 7) is 4.78. The molecule has 0 bridgehead atoms. The predicted octanol–water partition coefficient (Wildman–Crippen LogP) is 18.3. The minimum Gasteiger partial charge on any atom is -0.391 e. The van der Waals surface area contributed by atoms with E-state index in [1.165, 1.54) is 148 Å². The molecule has 0 aromatic heterocycles. The number of nitrogens with one attached hydrogen (secondary N) is 1. The molecular formula is C62H116N2O6P+. The van der Waals surface area contributed by atoms with Crippen LogP contribution in [0.2, 0.25) is 0 Å². The number of aliphatic hydroxyl groups excluding tert-OH is 1. The zero-order valence-electron chi connectivity index (χ0n) is 47.2. The second-order valence-corrected chi connectivity index (χ2v) is 22.8. The fraction of sp³-hybridized carbons (Fsp3) is 0.790. The highest BCUT2D eigenvalue weighted by molar-refractivity contribution is 7.47. The van der Waals surface area contributed by atoms with E-state index in [1.54, 1.807) is 0 Å². The maximum absolute atomic E-state index is 13.0. The van der Waals surface area contributed by atoms with Crippen LogP contribution in [0.3, 0.4) is 0 Å².